The standard InChI is InChI=1S/C15H19BN2O3/c1-9-17-12-7-6-10(8-11(12)13(19)18-9)16-20-14(2,3)15(4,5)21-16/h6-8,10H,1-5H3. The summed E-state index contributed by atoms with van der Waals surface area (Å²) in [6.45, 7) is 9.77. The first kappa shape index (κ1) is 14.4. The van der Waals surface area contributed by atoms with Crippen molar-refractivity contribution >= 4 is 24.6 Å². The van der Waals surface area contributed by atoms with Gasteiger partial charge in [-0.3, -0.25) is 4.79 Å². The van der Waals surface area contributed by atoms with E-state index in [2.05, 4.69) is 9.98 Å². The van der Waals surface area contributed by atoms with Crippen molar-refractivity contribution in [2.45, 2.75) is 51.6 Å². The van der Waals surface area contributed by atoms with Crippen molar-refractivity contribution in [3.63, 3.8) is 0 Å². The highest BCUT2D eigenvalue weighted by Gasteiger charge is 2.53. The van der Waals surface area contributed by atoms with Crippen LogP contribution >= 0.6 is 0 Å². The third kappa shape index (κ3) is 2.32. The minimum atomic E-state index is -0.403. The molecule has 0 aromatic rings. The summed E-state index contributed by atoms with van der Waals surface area (Å²) in [7, 11) is -0.403. The van der Waals surface area contributed by atoms with Crippen molar-refractivity contribution in [3.8, 4) is 0 Å². The van der Waals surface area contributed by atoms with Gasteiger partial charge in [-0.05, 0) is 40.7 Å². The second-order valence-corrected chi connectivity index (χ2v) is 6.60. The molecule has 0 N–H and O–H groups in total. The Morgan fingerprint density at radius 3 is 2.38 bits per heavy atom. The van der Waals surface area contributed by atoms with E-state index in [1.165, 1.54) is 0 Å². The largest absolute Gasteiger partial charge is 0.469 e. The molecular weight excluding hydrogens is 267 g/mol. The number of amides is 1. The summed E-state index contributed by atoms with van der Waals surface area (Å²) in [6, 6.07) is 0. The van der Waals surface area contributed by atoms with Gasteiger partial charge in [-0.1, -0.05) is 12.2 Å². The van der Waals surface area contributed by atoms with Gasteiger partial charge in [-0.15, -0.1) is 0 Å². The molecule has 1 aliphatic carbocycles. The maximum absolute atomic E-state index is 12.0. The predicted molar refractivity (Wildman–Crippen MR) is 82.6 cm³/mol. The van der Waals surface area contributed by atoms with E-state index in [9.17, 15) is 4.79 Å². The summed E-state index contributed by atoms with van der Waals surface area (Å²) in [6.07, 6.45) is 5.66. The SMILES string of the molecule is CC1=NC(=O)C2=CC(B3OC(C)(C)C(C)(C)O3)C=CC2=N1. The van der Waals surface area contributed by atoms with Gasteiger partial charge in [0, 0.05) is 5.82 Å². The smallest absolute Gasteiger partial charge is 0.403 e. The second kappa shape index (κ2) is 4.48. The molecule has 0 radical (unpaired) electrons. The summed E-state index contributed by atoms with van der Waals surface area (Å²) < 4.78 is 12.1. The number of fused-ring (bicyclic) bond motifs is 1. The lowest BCUT2D eigenvalue weighted by molar-refractivity contribution is -0.113. The lowest BCUT2D eigenvalue weighted by Crippen LogP contribution is -2.41. The molecule has 0 aromatic heterocycles. The van der Waals surface area contributed by atoms with Crippen molar-refractivity contribution in [2.75, 3.05) is 0 Å². The molecule has 1 unspecified atom stereocenters. The third-order valence-corrected chi connectivity index (χ3v) is 4.47. The van der Waals surface area contributed by atoms with Gasteiger partial charge >= 0.3 is 7.12 Å². The summed E-state index contributed by atoms with van der Waals surface area (Å²) in [5.74, 6) is 0.131. The van der Waals surface area contributed by atoms with Crippen LogP contribution in [0.15, 0.2) is 33.8 Å². The number of rotatable bonds is 1. The average molecular weight is 286 g/mol. The molecule has 110 valence electrons. The van der Waals surface area contributed by atoms with Crippen LogP contribution in [0, 0.1) is 0 Å². The van der Waals surface area contributed by atoms with Crippen molar-refractivity contribution in [2.24, 2.45) is 9.98 Å². The van der Waals surface area contributed by atoms with E-state index in [1.807, 2.05) is 45.9 Å². The highest BCUT2D eigenvalue weighted by atomic mass is 16.7. The van der Waals surface area contributed by atoms with Gasteiger partial charge < -0.3 is 9.31 Å². The molecule has 0 saturated carbocycles. The van der Waals surface area contributed by atoms with Crippen LogP contribution in [0.2, 0.25) is 5.82 Å². The first-order chi connectivity index (χ1) is 9.69. The quantitative estimate of drug-likeness (QED) is 0.695. The van der Waals surface area contributed by atoms with Crippen molar-refractivity contribution in [1.82, 2.24) is 0 Å². The van der Waals surface area contributed by atoms with Crippen LogP contribution in [0.25, 0.3) is 0 Å². The maximum atomic E-state index is 12.0. The van der Waals surface area contributed by atoms with Gasteiger partial charge in [0.15, 0.2) is 0 Å². The predicted octanol–water partition coefficient (Wildman–Crippen LogP) is 2.34. The summed E-state index contributed by atoms with van der Waals surface area (Å²) in [5, 5.41) is 0. The molecule has 0 aromatic carbocycles. The van der Waals surface area contributed by atoms with Gasteiger partial charge in [-0.2, -0.15) is 4.99 Å². The van der Waals surface area contributed by atoms with Crippen LogP contribution in [0.1, 0.15) is 34.6 Å². The number of allylic oxidation sites excluding steroid dienone is 3. The van der Waals surface area contributed by atoms with Gasteiger partial charge in [0.05, 0.1) is 22.5 Å². The number of hydrogen-bond acceptors (Lipinski definition) is 4. The van der Waals surface area contributed by atoms with Crippen molar-refractivity contribution < 1.29 is 14.1 Å². The molecule has 0 bridgehead atoms. The molecule has 2 heterocycles. The minimum absolute atomic E-state index is 0.113. The Bertz CT molecular complexity index is 613. The lowest BCUT2D eigenvalue weighted by atomic mass is 9.68. The van der Waals surface area contributed by atoms with Crippen LogP contribution in [0.3, 0.4) is 0 Å². The fourth-order valence-electron chi connectivity index (χ4n) is 2.53. The highest BCUT2D eigenvalue weighted by molar-refractivity contribution is 6.50. The molecule has 21 heavy (non-hydrogen) atoms. The van der Waals surface area contributed by atoms with Crippen LogP contribution in [0.4, 0.5) is 0 Å². The maximum Gasteiger partial charge on any atom is 0.469 e. The fourth-order valence-corrected chi connectivity index (χ4v) is 2.53. The van der Waals surface area contributed by atoms with E-state index in [1.54, 1.807) is 6.92 Å². The molecule has 1 atom stereocenters. The van der Waals surface area contributed by atoms with Crippen LogP contribution in [-0.4, -0.2) is 35.8 Å². The Morgan fingerprint density at radius 2 is 1.76 bits per heavy atom. The second-order valence-electron chi connectivity index (χ2n) is 6.60. The zero-order chi connectivity index (χ0) is 15.4. The molecule has 1 fully saturated rings. The number of carbonyl (C=O) groups excluding carboxylic acids is 1. The van der Waals surface area contributed by atoms with E-state index in [0.717, 1.165) is 0 Å². The molecule has 5 nitrogen and oxygen atoms in total. The molecule has 1 amide bonds. The molecule has 0 spiro atoms. The molecule has 6 heteroatoms. The van der Waals surface area contributed by atoms with Crippen LogP contribution < -0.4 is 0 Å². The highest BCUT2D eigenvalue weighted by Crippen LogP contribution is 2.41. The molecular formula is C15H19BN2O3. The molecule has 3 aliphatic rings. The summed E-state index contributed by atoms with van der Waals surface area (Å²) in [4.78, 5) is 20.2. The summed E-state index contributed by atoms with van der Waals surface area (Å²) >= 11 is 0. The number of aliphatic imine (C=N–C) groups is 2. The van der Waals surface area contributed by atoms with Crippen molar-refractivity contribution in [1.29, 1.82) is 0 Å². The Labute approximate surface area is 125 Å². The van der Waals surface area contributed by atoms with Gasteiger partial charge in [0.2, 0.25) is 0 Å². The number of carbonyl (C=O) groups is 1. The van der Waals surface area contributed by atoms with E-state index in [-0.39, 0.29) is 22.9 Å². The lowest BCUT2D eigenvalue weighted by Gasteiger charge is -2.32. The number of nitrogens with zero attached hydrogens (tertiary/aromatic N) is 2. The molecule has 2 aliphatic heterocycles. The molecule has 3 rings (SSSR count). The Hall–Kier alpha value is -1.53. The zero-order valence-corrected chi connectivity index (χ0v) is 13.0. The minimum Gasteiger partial charge on any atom is -0.403 e. The summed E-state index contributed by atoms with van der Waals surface area (Å²) in [5.41, 5.74) is 0.427. The van der Waals surface area contributed by atoms with E-state index in [0.29, 0.717) is 17.1 Å². The van der Waals surface area contributed by atoms with E-state index in [4.69, 9.17) is 9.31 Å². The van der Waals surface area contributed by atoms with E-state index >= 15 is 0 Å². The number of hydrogen-bond donors (Lipinski definition) is 0. The van der Waals surface area contributed by atoms with Crippen LogP contribution in [-0.2, 0) is 14.1 Å². The first-order valence-corrected chi connectivity index (χ1v) is 7.14. The Morgan fingerprint density at radius 1 is 1.14 bits per heavy atom. The fraction of sp³-hybridized carbons (Fsp3) is 0.533. The topological polar surface area (TPSA) is 60.2 Å². The monoisotopic (exact) mass is 286 g/mol. The normalized spacial score (nSPS) is 29.8. The van der Waals surface area contributed by atoms with Gasteiger partial charge in [0.25, 0.3) is 5.91 Å². The van der Waals surface area contributed by atoms with Crippen LogP contribution in [0.5, 0.6) is 0 Å². The van der Waals surface area contributed by atoms with E-state index < -0.39 is 7.12 Å². The van der Waals surface area contributed by atoms with Crippen molar-refractivity contribution in [3.05, 3.63) is 23.8 Å². The first-order valence-electron chi connectivity index (χ1n) is 7.14. The Balaban J connectivity index is 1.87. The van der Waals surface area contributed by atoms with Gasteiger partial charge in [-0.25, -0.2) is 4.99 Å². The van der Waals surface area contributed by atoms with Gasteiger partial charge in [0.1, 0.15) is 5.84 Å². The molecule has 1 saturated heterocycles. The third-order valence-electron chi connectivity index (χ3n) is 4.47. The Kier molecular flexibility index (Phi) is 3.08. The zero-order valence-electron chi connectivity index (χ0n) is 13.0. The average Bonchev–Trinajstić information content (AvgIpc) is 2.58. The number of amidine groups is 1.